The smallest absolute Gasteiger partial charge is 0.251 e. The third kappa shape index (κ3) is 5.21. The largest absolute Gasteiger partial charge is 0.391 e. The molecule has 132 valence electrons. The second kappa shape index (κ2) is 9.64. The Bertz CT molecular complexity index is 620. The molecular weight excluding hydrogens is 351 g/mol. The number of carbonyl (C=O) groups excluding carboxylic acids is 1. The monoisotopic (exact) mass is 372 g/mol. The van der Waals surface area contributed by atoms with Crippen molar-refractivity contribution >= 4 is 30.7 Å². The minimum atomic E-state index is -0.377. The van der Waals surface area contributed by atoms with Crippen molar-refractivity contribution in [2.75, 3.05) is 19.6 Å². The molecule has 1 aromatic carbocycles. The molecule has 1 saturated heterocycles. The lowest BCUT2D eigenvalue weighted by Crippen LogP contribution is -2.34. The number of nitrogens with one attached hydrogen (secondary N) is 2. The Morgan fingerprint density at radius 2 is 2.04 bits per heavy atom. The lowest BCUT2D eigenvalue weighted by molar-refractivity contribution is 0.0927. The summed E-state index contributed by atoms with van der Waals surface area (Å²) in [6, 6.07) is 7.54. The number of hydrogen-bond acceptors (Lipinski definition) is 4. The second-order valence-electron chi connectivity index (χ2n) is 5.63. The number of rotatable bonds is 5. The summed E-state index contributed by atoms with van der Waals surface area (Å²) in [6.45, 7) is 2.57. The summed E-state index contributed by atoms with van der Waals surface area (Å²) in [5.41, 5.74) is 1.75. The van der Waals surface area contributed by atoms with Gasteiger partial charge in [-0.05, 0) is 17.7 Å². The van der Waals surface area contributed by atoms with Gasteiger partial charge in [0.15, 0.2) is 0 Å². The molecule has 1 amide bonds. The second-order valence-corrected chi connectivity index (χ2v) is 5.63. The van der Waals surface area contributed by atoms with E-state index in [2.05, 4.69) is 15.6 Å². The molecule has 0 bridgehead atoms. The molecule has 8 heteroatoms. The Labute approximate surface area is 153 Å². The van der Waals surface area contributed by atoms with Crippen LogP contribution >= 0.6 is 24.8 Å². The number of benzene rings is 1. The summed E-state index contributed by atoms with van der Waals surface area (Å²) in [5, 5.41) is 15.7. The van der Waals surface area contributed by atoms with Crippen molar-refractivity contribution in [2.45, 2.75) is 12.6 Å². The Hall–Kier alpha value is -1.60. The number of β-amino-alcohol motifs (C(OH)–C–C–N with tert-alkyl or cyclic N) is 1. The van der Waals surface area contributed by atoms with Gasteiger partial charge in [0, 0.05) is 50.1 Å². The molecule has 0 radical (unpaired) electrons. The third-order valence-corrected chi connectivity index (χ3v) is 3.97. The van der Waals surface area contributed by atoms with Gasteiger partial charge >= 0.3 is 0 Å². The van der Waals surface area contributed by atoms with Crippen LogP contribution in [0, 0.1) is 5.92 Å². The standard InChI is InChI=1S/C16H20N4O2.2ClH/c21-15-9-18-7-14(15)8-19-16(22)13-3-1-12(2-4-13)10-20-6-5-17-11-20;;/h1-6,11,14-15,18,21H,7-10H2,(H,19,22);2*1H. The van der Waals surface area contributed by atoms with E-state index in [1.165, 1.54) is 0 Å². The normalized spacial score (nSPS) is 19.2. The van der Waals surface area contributed by atoms with E-state index in [9.17, 15) is 9.90 Å². The Kier molecular flexibility index (Phi) is 8.21. The van der Waals surface area contributed by atoms with E-state index in [-0.39, 0.29) is 42.7 Å². The molecule has 2 heterocycles. The maximum atomic E-state index is 12.1. The first kappa shape index (κ1) is 20.4. The third-order valence-electron chi connectivity index (χ3n) is 3.97. The van der Waals surface area contributed by atoms with Crippen LogP contribution in [0.3, 0.4) is 0 Å². The summed E-state index contributed by atoms with van der Waals surface area (Å²) in [4.78, 5) is 16.1. The quantitative estimate of drug-likeness (QED) is 0.733. The summed E-state index contributed by atoms with van der Waals surface area (Å²) in [7, 11) is 0. The Morgan fingerprint density at radius 3 is 2.62 bits per heavy atom. The fourth-order valence-electron chi connectivity index (χ4n) is 2.61. The van der Waals surface area contributed by atoms with Gasteiger partial charge in [0.25, 0.3) is 5.91 Å². The van der Waals surface area contributed by atoms with Crippen molar-refractivity contribution in [3.8, 4) is 0 Å². The van der Waals surface area contributed by atoms with Crippen molar-refractivity contribution in [1.29, 1.82) is 0 Å². The first-order valence-electron chi connectivity index (χ1n) is 7.44. The van der Waals surface area contributed by atoms with Crippen molar-refractivity contribution in [1.82, 2.24) is 20.2 Å². The predicted molar refractivity (Wildman–Crippen MR) is 97.0 cm³/mol. The molecule has 6 nitrogen and oxygen atoms in total. The van der Waals surface area contributed by atoms with Crippen LogP contribution in [-0.2, 0) is 6.54 Å². The number of aliphatic hydroxyl groups is 1. The fraction of sp³-hybridized carbons (Fsp3) is 0.375. The van der Waals surface area contributed by atoms with E-state index in [1.54, 1.807) is 12.5 Å². The van der Waals surface area contributed by atoms with E-state index in [0.29, 0.717) is 18.7 Å². The fourth-order valence-corrected chi connectivity index (χ4v) is 2.61. The van der Waals surface area contributed by atoms with Gasteiger partial charge in [0.05, 0.1) is 12.4 Å². The maximum Gasteiger partial charge on any atom is 0.251 e. The molecule has 2 aromatic rings. The summed E-state index contributed by atoms with van der Waals surface area (Å²) in [6.07, 6.45) is 5.04. The van der Waals surface area contributed by atoms with Gasteiger partial charge in [-0.15, -0.1) is 24.8 Å². The highest BCUT2D eigenvalue weighted by atomic mass is 35.5. The molecular formula is C16H22Cl2N4O2. The minimum absolute atomic E-state index is 0. The van der Waals surface area contributed by atoms with Gasteiger partial charge in [0.2, 0.25) is 0 Å². The summed E-state index contributed by atoms with van der Waals surface area (Å²) in [5.74, 6) is -0.0160. The predicted octanol–water partition coefficient (Wildman–Crippen LogP) is 1.09. The average Bonchev–Trinajstić information content (AvgIpc) is 3.17. The molecule has 1 aliphatic heterocycles. The number of carbonyl (C=O) groups is 1. The van der Waals surface area contributed by atoms with E-state index in [0.717, 1.165) is 18.7 Å². The van der Waals surface area contributed by atoms with Crippen molar-refractivity contribution in [2.24, 2.45) is 5.92 Å². The highest BCUT2D eigenvalue weighted by Crippen LogP contribution is 2.09. The number of aliphatic hydroxyl groups excluding tert-OH is 1. The Morgan fingerprint density at radius 1 is 1.29 bits per heavy atom. The summed E-state index contributed by atoms with van der Waals surface area (Å²) < 4.78 is 1.98. The first-order valence-corrected chi connectivity index (χ1v) is 7.44. The zero-order chi connectivity index (χ0) is 15.4. The lowest BCUT2D eigenvalue weighted by atomic mass is 10.1. The molecule has 1 fully saturated rings. The average molecular weight is 373 g/mol. The number of halogens is 2. The highest BCUT2D eigenvalue weighted by molar-refractivity contribution is 5.94. The van der Waals surface area contributed by atoms with Crippen molar-refractivity contribution in [3.05, 3.63) is 54.1 Å². The van der Waals surface area contributed by atoms with E-state index < -0.39 is 0 Å². The maximum absolute atomic E-state index is 12.1. The number of hydrogen-bond donors (Lipinski definition) is 3. The van der Waals surface area contributed by atoms with Crippen molar-refractivity contribution < 1.29 is 9.90 Å². The molecule has 1 aliphatic rings. The van der Waals surface area contributed by atoms with Gasteiger partial charge in [-0.1, -0.05) is 12.1 Å². The van der Waals surface area contributed by atoms with Crippen LogP contribution in [0.15, 0.2) is 43.0 Å². The van der Waals surface area contributed by atoms with Crippen LogP contribution in [0.25, 0.3) is 0 Å². The zero-order valence-corrected chi connectivity index (χ0v) is 14.7. The van der Waals surface area contributed by atoms with Crippen molar-refractivity contribution in [3.63, 3.8) is 0 Å². The van der Waals surface area contributed by atoms with E-state index in [4.69, 9.17) is 0 Å². The van der Waals surface area contributed by atoms with Crippen LogP contribution in [-0.4, -0.2) is 46.3 Å². The molecule has 0 aliphatic carbocycles. The molecule has 3 N–H and O–H groups in total. The lowest BCUT2D eigenvalue weighted by Gasteiger charge is -2.14. The van der Waals surface area contributed by atoms with Gasteiger partial charge in [-0.2, -0.15) is 0 Å². The van der Waals surface area contributed by atoms with Gasteiger partial charge < -0.3 is 20.3 Å². The number of amides is 1. The molecule has 24 heavy (non-hydrogen) atoms. The molecule has 2 unspecified atom stereocenters. The van der Waals surface area contributed by atoms with Gasteiger partial charge in [-0.25, -0.2) is 4.98 Å². The van der Waals surface area contributed by atoms with Crippen LogP contribution in [0.2, 0.25) is 0 Å². The number of imidazole rings is 1. The molecule has 1 aromatic heterocycles. The SMILES string of the molecule is Cl.Cl.O=C(NCC1CNCC1O)c1ccc(Cn2ccnc2)cc1. The topological polar surface area (TPSA) is 79.2 Å². The number of nitrogens with zero attached hydrogens (tertiary/aromatic N) is 2. The molecule has 0 saturated carbocycles. The highest BCUT2D eigenvalue weighted by Gasteiger charge is 2.25. The van der Waals surface area contributed by atoms with Crippen LogP contribution in [0.4, 0.5) is 0 Å². The van der Waals surface area contributed by atoms with Gasteiger partial charge in [0.1, 0.15) is 0 Å². The van der Waals surface area contributed by atoms with E-state index >= 15 is 0 Å². The van der Waals surface area contributed by atoms with E-state index in [1.807, 2.05) is 35.0 Å². The molecule has 2 atom stereocenters. The number of aromatic nitrogens is 2. The minimum Gasteiger partial charge on any atom is -0.391 e. The van der Waals surface area contributed by atoms with Gasteiger partial charge in [-0.3, -0.25) is 4.79 Å². The zero-order valence-electron chi connectivity index (χ0n) is 13.1. The Balaban J connectivity index is 0.00000144. The first-order chi connectivity index (χ1) is 10.7. The summed E-state index contributed by atoms with van der Waals surface area (Å²) >= 11 is 0. The van der Waals surface area contributed by atoms with Crippen LogP contribution in [0.5, 0.6) is 0 Å². The van der Waals surface area contributed by atoms with Crippen LogP contribution in [0.1, 0.15) is 15.9 Å². The van der Waals surface area contributed by atoms with Crippen LogP contribution < -0.4 is 10.6 Å². The molecule has 0 spiro atoms. The molecule has 3 rings (SSSR count).